The second-order valence-electron chi connectivity index (χ2n) is 4.17. The quantitative estimate of drug-likeness (QED) is 0.770. The Bertz CT molecular complexity index is 375. The van der Waals surface area contributed by atoms with Crippen LogP contribution in [0, 0.1) is 6.92 Å². The van der Waals surface area contributed by atoms with Crippen LogP contribution in [-0.4, -0.2) is 11.2 Å². The van der Waals surface area contributed by atoms with Crippen LogP contribution in [-0.2, 0) is 0 Å². The van der Waals surface area contributed by atoms with Gasteiger partial charge in [0.1, 0.15) is 0 Å². The largest absolute Gasteiger partial charge is 0.393 e. The van der Waals surface area contributed by atoms with E-state index in [1.807, 2.05) is 19.1 Å². The van der Waals surface area contributed by atoms with Crippen molar-refractivity contribution in [1.29, 1.82) is 0 Å². The third-order valence-corrected chi connectivity index (χ3v) is 3.01. The highest BCUT2D eigenvalue weighted by atomic mass is 35.5. The Morgan fingerprint density at radius 3 is 2.73 bits per heavy atom. The molecule has 0 bridgehead atoms. The van der Waals surface area contributed by atoms with Crippen molar-refractivity contribution in [3.63, 3.8) is 0 Å². The number of aryl methyl sites for hydroxylation is 1. The molecule has 0 amide bonds. The highest BCUT2D eigenvalue weighted by Crippen LogP contribution is 2.29. The van der Waals surface area contributed by atoms with E-state index in [1.165, 1.54) is 16.7 Å². The molecule has 1 aromatic rings. The molecular weight excluding hydrogens is 208 g/mol. The first-order valence-electron chi connectivity index (χ1n) is 5.30. The van der Waals surface area contributed by atoms with Crippen molar-refractivity contribution in [3.8, 4) is 0 Å². The summed E-state index contributed by atoms with van der Waals surface area (Å²) in [7, 11) is 0. The van der Waals surface area contributed by atoms with E-state index >= 15 is 0 Å². The third-order valence-electron chi connectivity index (χ3n) is 2.80. The van der Waals surface area contributed by atoms with Gasteiger partial charge in [-0.2, -0.15) is 0 Å². The normalized spacial score (nSPS) is 21.3. The van der Waals surface area contributed by atoms with Crippen LogP contribution in [0.1, 0.15) is 30.4 Å². The zero-order valence-electron chi connectivity index (χ0n) is 8.83. The van der Waals surface area contributed by atoms with Crippen LogP contribution in [0.3, 0.4) is 0 Å². The van der Waals surface area contributed by atoms with Gasteiger partial charge in [-0.25, -0.2) is 0 Å². The summed E-state index contributed by atoms with van der Waals surface area (Å²) in [4.78, 5) is 0. The van der Waals surface area contributed by atoms with Gasteiger partial charge < -0.3 is 5.11 Å². The Labute approximate surface area is 95.4 Å². The van der Waals surface area contributed by atoms with Gasteiger partial charge in [-0.05, 0) is 55.0 Å². The summed E-state index contributed by atoms with van der Waals surface area (Å²) < 4.78 is 0. The van der Waals surface area contributed by atoms with E-state index in [0.29, 0.717) is 0 Å². The fourth-order valence-corrected chi connectivity index (χ4v) is 2.29. The van der Waals surface area contributed by atoms with E-state index < -0.39 is 0 Å². The number of hydrogen-bond acceptors (Lipinski definition) is 1. The third kappa shape index (κ3) is 2.61. The molecule has 80 valence electrons. The molecule has 2 rings (SSSR count). The van der Waals surface area contributed by atoms with Gasteiger partial charge in [0.05, 0.1) is 6.10 Å². The number of allylic oxidation sites excluding steroid dienone is 1. The minimum atomic E-state index is -0.158. The molecule has 1 nitrogen and oxygen atoms in total. The van der Waals surface area contributed by atoms with Gasteiger partial charge in [0.2, 0.25) is 0 Å². The standard InChI is InChI=1S/C13H15ClO/c1-9-6-11(8-12(14)7-9)10-2-4-13(15)5-3-10/h2,6-8,13,15H,3-5H2,1H3. The van der Waals surface area contributed by atoms with Gasteiger partial charge in [-0.15, -0.1) is 0 Å². The lowest BCUT2D eigenvalue weighted by atomic mass is 9.91. The Morgan fingerprint density at radius 2 is 2.13 bits per heavy atom. The second kappa shape index (κ2) is 4.38. The van der Waals surface area contributed by atoms with E-state index in [1.54, 1.807) is 0 Å². The zero-order valence-corrected chi connectivity index (χ0v) is 9.59. The number of benzene rings is 1. The van der Waals surface area contributed by atoms with Crippen LogP contribution < -0.4 is 0 Å². The topological polar surface area (TPSA) is 20.2 Å². The lowest BCUT2D eigenvalue weighted by molar-refractivity contribution is 0.166. The summed E-state index contributed by atoms with van der Waals surface area (Å²) in [6.07, 6.45) is 4.53. The minimum absolute atomic E-state index is 0.158. The van der Waals surface area contributed by atoms with Gasteiger partial charge in [-0.1, -0.05) is 23.7 Å². The SMILES string of the molecule is Cc1cc(Cl)cc(C2=CCC(O)CC2)c1. The molecular formula is C13H15ClO. The van der Waals surface area contributed by atoms with E-state index in [2.05, 4.69) is 12.1 Å². The van der Waals surface area contributed by atoms with Crippen molar-refractivity contribution in [3.05, 3.63) is 40.4 Å². The number of aliphatic hydroxyl groups is 1. The fourth-order valence-electron chi connectivity index (χ4n) is 2.00. The highest BCUT2D eigenvalue weighted by molar-refractivity contribution is 6.30. The Kier molecular flexibility index (Phi) is 3.13. The van der Waals surface area contributed by atoms with Crippen molar-refractivity contribution < 1.29 is 5.11 Å². The molecule has 2 heteroatoms. The molecule has 1 unspecified atom stereocenters. The van der Waals surface area contributed by atoms with E-state index in [-0.39, 0.29) is 6.10 Å². The maximum Gasteiger partial charge on any atom is 0.0578 e. The average Bonchev–Trinajstić information content (AvgIpc) is 2.17. The molecule has 1 N–H and O–H groups in total. The van der Waals surface area contributed by atoms with Crippen LogP contribution in [0.2, 0.25) is 5.02 Å². The van der Waals surface area contributed by atoms with Gasteiger partial charge in [0.25, 0.3) is 0 Å². The predicted molar refractivity (Wildman–Crippen MR) is 64.0 cm³/mol. The van der Waals surface area contributed by atoms with E-state index in [4.69, 9.17) is 11.6 Å². The summed E-state index contributed by atoms with van der Waals surface area (Å²) in [5.74, 6) is 0. The minimum Gasteiger partial charge on any atom is -0.393 e. The van der Waals surface area contributed by atoms with E-state index in [0.717, 1.165) is 24.3 Å². The Balaban J connectivity index is 2.29. The highest BCUT2D eigenvalue weighted by Gasteiger charge is 2.13. The molecule has 0 fully saturated rings. The number of rotatable bonds is 1. The van der Waals surface area contributed by atoms with Crippen LogP contribution >= 0.6 is 11.6 Å². The van der Waals surface area contributed by atoms with Gasteiger partial charge >= 0.3 is 0 Å². The van der Waals surface area contributed by atoms with E-state index in [9.17, 15) is 5.11 Å². The smallest absolute Gasteiger partial charge is 0.0578 e. The summed E-state index contributed by atoms with van der Waals surface area (Å²) in [5, 5.41) is 10.2. The summed E-state index contributed by atoms with van der Waals surface area (Å²) in [6.45, 7) is 2.05. The Hall–Kier alpha value is -0.790. The zero-order chi connectivity index (χ0) is 10.8. The molecule has 0 heterocycles. The first-order chi connectivity index (χ1) is 7.15. The molecule has 0 aromatic heterocycles. The van der Waals surface area contributed by atoms with Crippen molar-refractivity contribution in [1.82, 2.24) is 0 Å². The molecule has 0 spiro atoms. The lowest BCUT2D eigenvalue weighted by Gasteiger charge is -2.18. The predicted octanol–water partition coefficient (Wildman–Crippen LogP) is 3.58. The molecule has 0 saturated heterocycles. The van der Waals surface area contributed by atoms with Crippen LogP contribution in [0.15, 0.2) is 24.3 Å². The summed E-state index contributed by atoms with van der Waals surface area (Å²) >= 11 is 6.02. The number of hydrogen-bond donors (Lipinski definition) is 1. The number of halogens is 1. The van der Waals surface area contributed by atoms with Gasteiger partial charge in [-0.3, -0.25) is 0 Å². The van der Waals surface area contributed by atoms with Crippen molar-refractivity contribution in [2.45, 2.75) is 32.3 Å². The van der Waals surface area contributed by atoms with Crippen molar-refractivity contribution in [2.24, 2.45) is 0 Å². The van der Waals surface area contributed by atoms with Crippen LogP contribution in [0.4, 0.5) is 0 Å². The average molecular weight is 223 g/mol. The van der Waals surface area contributed by atoms with Crippen molar-refractivity contribution in [2.75, 3.05) is 0 Å². The van der Waals surface area contributed by atoms with Crippen LogP contribution in [0.25, 0.3) is 5.57 Å². The first kappa shape index (κ1) is 10.7. The van der Waals surface area contributed by atoms with Gasteiger partial charge in [0.15, 0.2) is 0 Å². The second-order valence-corrected chi connectivity index (χ2v) is 4.61. The maximum atomic E-state index is 9.41. The van der Waals surface area contributed by atoms with Crippen molar-refractivity contribution >= 4 is 17.2 Å². The Morgan fingerprint density at radius 1 is 1.33 bits per heavy atom. The monoisotopic (exact) mass is 222 g/mol. The maximum absolute atomic E-state index is 9.41. The molecule has 1 aliphatic carbocycles. The molecule has 1 aromatic carbocycles. The molecule has 1 atom stereocenters. The first-order valence-corrected chi connectivity index (χ1v) is 5.67. The molecule has 1 aliphatic rings. The number of aliphatic hydroxyl groups excluding tert-OH is 1. The summed E-state index contributed by atoms with van der Waals surface area (Å²) in [5.41, 5.74) is 3.70. The van der Waals surface area contributed by atoms with Gasteiger partial charge in [0, 0.05) is 5.02 Å². The lowest BCUT2D eigenvalue weighted by Crippen LogP contribution is -2.09. The molecule has 0 radical (unpaired) electrons. The molecule has 15 heavy (non-hydrogen) atoms. The van der Waals surface area contributed by atoms with Crippen LogP contribution in [0.5, 0.6) is 0 Å². The summed E-state index contributed by atoms with van der Waals surface area (Å²) in [6, 6.07) is 6.11. The molecule has 0 aliphatic heterocycles. The fraction of sp³-hybridized carbons (Fsp3) is 0.385. The molecule has 0 saturated carbocycles.